The number of aryl methyl sites for hydroxylation is 1. The smallest absolute Gasteiger partial charge is 0.326 e. The number of fused-ring (bicyclic) bond motifs is 1. The summed E-state index contributed by atoms with van der Waals surface area (Å²) in [4.78, 5) is 15.8. The van der Waals surface area contributed by atoms with Gasteiger partial charge in [0.15, 0.2) is 0 Å². The summed E-state index contributed by atoms with van der Waals surface area (Å²) in [7, 11) is 0. The highest BCUT2D eigenvalue weighted by Gasteiger charge is 2.22. The molecule has 0 fully saturated rings. The molecule has 0 saturated carbocycles. The van der Waals surface area contributed by atoms with Gasteiger partial charge in [0.05, 0.1) is 11.0 Å². The number of hydrogen-bond donors (Lipinski definition) is 1. The van der Waals surface area contributed by atoms with Gasteiger partial charge in [0.1, 0.15) is 11.9 Å². The number of rotatable bonds is 4. The van der Waals surface area contributed by atoms with Crippen molar-refractivity contribution in [3.05, 3.63) is 30.1 Å². The van der Waals surface area contributed by atoms with Crippen molar-refractivity contribution in [2.45, 2.75) is 32.7 Å². The zero-order chi connectivity index (χ0) is 12.4. The highest BCUT2D eigenvalue weighted by atomic mass is 16.4. The summed E-state index contributed by atoms with van der Waals surface area (Å²) in [6, 6.07) is 7.14. The van der Waals surface area contributed by atoms with E-state index in [2.05, 4.69) is 4.98 Å². The topological polar surface area (TPSA) is 55.1 Å². The fourth-order valence-corrected chi connectivity index (χ4v) is 2.16. The quantitative estimate of drug-likeness (QED) is 0.881. The average Bonchev–Trinajstić information content (AvgIpc) is 2.69. The van der Waals surface area contributed by atoms with Gasteiger partial charge in [-0.25, -0.2) is 9.78 Å². The Kier molecular flexibility index (Phi) is 3.13. The highest BCUT2D eigenvalue weighted by Crippen LogP contribution is 2.23. The fraction of sp³-hybridized carbons (Fsp3) is 0.385. The minimum absolute atomic E-state index is 0.530. The first-order valence-corrected chi connectivity index (χ1v) is 5.87. The molecule has 0 aliphatic rings. The normalized spacial score (nSPS) is 12.8. The molecule has 1 aromatic carbocycles. The molecule has 0 aliphatic carbocycles. The Morgan fingerprint density at radius 3 is 2.71 bits per heavy atom. The van der Waals surface area contributed by atoms with Crippen LogP contribution in [0.15, 0.2) is 24.3 Å². The van der Waals surface area contributed by atoms with Gasteiger partial charge >= 0.3 is 5.97 Å². The number of aliphatic carboxylic acids is 1. The predicted octanol–water partition coefficient (Wildman–Crippen LogP) is 2.63. The fourth-order valence-electron chi connectivity index (χ4n) is 2.16. The Morgan fingerprint density at radius 2 is 2.12 bits per heavy atom. The van der Waals surface area contributed by atoms with Crippen molar-refractivity contribution in [1.82, 2.24) is 9.55 Å². The number of nitrogens with zero attached hydrogens (tertiary/aromatic N) is 2. The third-order valence-corrected chi connectivity index (χ3v) is 2.97. The molecule has 1 heterocycles. The summed E-state index contributed by atoms with van der Waals surface area (Å²) < 4.78 is 1.84. The molecule has 4 heteroatoms. The number of benzene rings is 1. The van der Waals surface area contributed by atoms with Crippen LogP contribution in [0.5, 0.6) is 0 Å². The number of carboxylic acid groups (broad SMARTS) is 1. The number of imidazole rings is 1. The highest BCUT2D eigenvalue weighted by molar-refractivity contribution is 5.80. The van der Waals surface area contributed by atoms with E-state index in [-0.39, 0.29) is 0 Å². The molecule has 17 heavy (non-hydrogen) atoms. The van der Waals surface area contributed by atoms with Crippen LogP contribution in [0.3, 0.4) is 0 Å². The van der Waals surface area contributed by atoms with Crippen LogP contribution >= 0.6 is 0 Å². The lowest BCUT2D eigenvalue weighted by Gasteiger charge is -2.15. The summed E-state index contributed by atoms with van der Waals surface area (Å²) in [5.74, 6) is 0.0332. The molecule has 4 nitrogen and oxygen atoms in total. The van der Waals surface area contributed by atoms with Gasteiger partial charge in [0, 0.05) is 6.42 Å². The lowest BCUT2D eigenvalue weighted by atomic mass is 10.2. The Hall–Kier alpha value is -1.84. The Labute approximate surface area is 99.9 Å². The van der Waals surface area contributed by atoms with Crippen LogP contribution in [0.2, 0.25) is 0 Å². The molecule has 0 radical (unpaired) electrons. The van der Waals surface area contributed by atoms with E-state index in [1.165, 1.54) is 0 Å². The number of aromatic nitrogens is 2. The van der Waals surface area contributed by atoms with Crippen molar-refractivity contribution in [2.75, 3.05) is 0 Å². The second kappa shape index (κ2) is 4.57. The summed E-state index contributed by atoms with van der Waals surface area (Å²) in [5.41, 5.74) is 1.77. The van der Waals surface area contributed by atoms with E-state index in [1.807, 2.05) is 42.7 Å². The van der Waals surface area contributed by atoms with Gasteiger partial charge in [0.2, 0.25) is 0 Å². The standard InChI is InChI=1S/C13H16N2O2/c1-3-10(13(16)17)15-11-8-6-5-7-9(11)14-12(15)4-2/h5-8,10H,3-4H2,1-2H3,(H,16,17). The summed E-state index contributed by atoms with van der Waals surface area (Å²) >= 11 is 0. The van der Waals surface area contributed by atoms with Crippen LogP contribution in [-0.4, -0.2) is 20.6 Å². The number of carboxylic acids is 1. The largest absolute Gasteiger partial charge is 0.480 e. The van der Waals surface area contributed by atoms with Crippen LogP contribution in [-0.2, 0) is 11.2 Å². The van der Waals surface area contributed by atoms with Gasteiger partial charge in [0.25, 0.3) is 0 Å². The molecule has 1 aromatic heterocycles. The lowest BCUT2D eigenvalue weighted by Crippen LogP contribution is -2.20. The molecule has 0 spiro atoms. The van der Waals surface area contributed by atoms with Crippen LogP contribution in [0.4, 0.5) is 0 Å². The van der Waals surface area contributed by atoms with Gasteiger partial charge in [-0.05, 0) is 18.6 Å². The maximum absolute atomic E-state index is 11.3. The van der Waals surface area contributed by atoms with E-state index in [0.29, 0.717) is 6.42 Å². The second-order valence-corrected chi connectivity index (χ2v) is 4.00. The first-order chi connectivity index (χ1) is 8.19. The van der Waals surface area contributed by atoms with Gasteiger partial charge in [-0.1, -0.05) is 26.0 Å². The zero-order valence-electron chi connectivity index (χ0n) is 10.1. The predicted molar refractivity (Wildman–Crippen MR) is 66.1 cm³/mol. The molecule has 0 amide bonds. The minimum Gasteiger partial charge on any atom is -0.480 e. The first kappa shape index (κ1) is 11.6. The van der Waals surface area contributed by atoms with Crippen LogP contribution in [0, 0.1) is 0 Å². The van der Waals surface area contributed by atoms with Crippen molar-refractivity contribution in [3.8, 4) is 0 Å². The number of para-hydroxylation sites is 2. The van der Waals surface area contributed by atoms with Crippen LogP contribution in [0.25, 0.3) is 11.0 Å². The van der Waals surface area contributed by atoms with Crippen molar-refractivity contribution >= 4 is 17.0 Å². The van der Waals surface area contributed by atoms with Gasteiger partial charge in [-0.15, -0.1) is 0 Å². The third-order valence-electron chi connectivity index (χ3n) is 2.97. The molecule has 90 valence electrons. The molecular formula is C13H16N2O2. The Bertz CT molecular complexity index is 545. The minimum atomic E-state index is -0.801. The molecule has 2 rings (SSSR count). The van der Waals surface area contributed by atoms with Gasteiger partial charge < -0.3 is 9.67 Å². The maximum Gasteiger partial charge on any atom is 0.326 e. The third kappa shape index (κ3) is 1.90. The van der Waals surface area contributed by atoms with Crippen LogP contribution in [0.1, 0.15) is 32.1 Å². The summed E-state index contributed by atoms with van der Waals surface area (Å²) in [6.07, 6.45) is 1.29. The summed E-state index contributed by atoms with van der Waals surface area (Å²) in [6.45, 7) is 3.87. The van der Waals surface area contributed by atoms with E-state index in [1.54, 1.807) is 0 Å². The average molecular weight is 232 g/mol. The first-order valence-electron chi connectivity index (χ1n) is 5.87. The molecule has 1 N–H and O–H groups in total. The Balaban J connectivity index is 2.68. The second-order valence-electron chi connectivity index (χ2n) is 4.00. The molecule has 2 aromatic rings. The lowest BCUT2D eigenvalue weighted by molar-refractivity contribution is -0.140. The molecule has 0 aliphatic heterocycles. The SMILES string of the molecule is CCc1nc2ccccc2n1C(CC)C(=O)O. The van der Waals surface area contributed by atoms with Crippen LogP contribution < -0.4 is 0 Å². The van der Waals surface area contributed by atoms with Crippen molar-refractivity contribution in [3.63, 3.8) is 0 Å². The molecular weight excluding hydrogens is 216 g/mol. The van der Waals surface area contributed by atoms with E-state index < -0.39 is 12.0 Å². The van der Waals surface area contributed by atoms with Crippen molar-refractivity contribution in [2.24, 2.45) is 0 Å². The van der Waals surface area contributed by atoms with Gasteiger partial charge in [-0.2, -0.15) is 0 Å². The summed E-state index contributed by atoms with van der Waals surface area (Å²) in [5, 5.41) is 9.28. The van der Waals surface area contributed by atoms with E-state index in [0.717, 1.165) is 23.3 Å². The molecule has 1 atom stereocenters. The molecule has 0 bridgehead atoms. The monoisotopic (exact) mass is 232 g/mol. The molecule has 1 unspecified atom stereocenters. The van der Waals surface area contributed by atoms with Crippen molar-refractivity contribution in [1.29, 1.82) is 0 Å². The number of carbonyl (C=O) groups is 1. The number of hydrogen-bond acceptors (Lipinski definition) is 2. The molecule has 0 saturated heterocycles. The van der Waals surface area contributed by atoms with E-state index in [9.17, 15) is 9.90 Å². The Morgan fingerprint density at radius 1 is 1.41 bits per heavy atom. The van der Waals surface area contributed by atoms with E-state index >= 15 is 0 Å². The van der Waals surface area contributed by atoms with Gasteiger partial charge in [-0.3, -0.25) is 0 Å². The zero-order valence-corrected chi connectivity index (χ0v) is 10.1. The maximum atomic E-state index is 11.3. The van der Waals surface area contributed by atoms with E-state index in [4.69, 9.17) is 0 Å². The van der Waals surface area contributed by atoms with Crippen molar-refractivity contribution < 1.29 is 9.90 Å².